The molecule has 0 aliphatic carbocycles. The Kier molecular flexibility index (Phi) is 5.54. The molecule has 1 amide bonds. The smallest absolute Gasteiger partial charge is 0.226 e. The molecule has 1 N–H and O–H groups in total. The molecule has 0 saturated heterocycles. The molecule has 0 fully saturated rings. The maximum absolute atomic E-state index is 12.8. The van der Waals surface area contributed by atoms with Gasteiger partial charge < -0.3 is 5.32 Å². The van der Waals surface area contributed by atoms with Crippen molar-refractivity contribution in [1.82, 2.24) is 15.3 Å². The molecule has 0 saturated carbocycles. The van der Waals surface area contributed by atoms with Gasteiger partial charge in [0.2, 0.25) is 5.91 Å². The lowest BCUT2D eigenvalue weighted by atomic mass is 9.98. The van der Waals surface area contributed by atoms with E-state index in [-0.39, 0.29) is 18.4 Å². The first-order valence-corrected chi connectivity index (χ1v) is 9.91. The van der Waals surface area contributed by atoms with Crippen molar-refractivity contribution in [3.8, 4) is 10.6 Å². The average molecular weight is 385 g/mol. The summed E-state index contributed by atoms with van der Waals surface area (Å²) < 4.78 is 0. The molecule has 2 aromatic carbocycles. The first kappa shape index (κ1) is 18.1. The van der Waals surface area contributed by atoms with Crippen molar-refractivity contribution in [3.63, 3.8) is 0 Å². The molecule has 0 bridgehead atoms. The van der Waals surface area contributed by atoms with E-state index in [1.165, 1.54) is 11.3 Å². The van der Waals surface area contributed by atoms with Crippen molar-refractivity contribution in [3.05, 3.63) is 107 Å². The van der Waals surface area contributed by atoms with Gasteiger partial charge in [-0.3, -0.25) is 9.78 Å². The molecule has 2 heterocycles. The maximum Gasteiger partial charge on any atom is 0.226 e. The molecule has 138 valence electrons. The highest BCUT2D eigenvalue weighted by Crippen LogP contribution is 2.24. The van der Waals surface area contributed by atoms with E-state index >= 15 is 0 Å². The van der Waals surface area contributed by atoms with Crippen LogP contribution in [-0.2, 0) is 11.2 Å². The van der Waals surface area contributed by atoms with Gasteiger partial charge >= 0.3 is 0 Å². The van der Waals surface area contributed by atoms with E-state index in [0.717, 1.165) is 27.4 Å². The van der Waals surface area contributed by atoms with Gasteiger partial charge in [0.05, 0.1) is 18.2 Å². The van der Waals surface area contributed by atoms with Crippen molar-refractivity contribution < 1.29 is 4.79 Å². The average Bonchev–Trinajstić information content (AvgIpc) is 3.22. The van der Waals surface area contributed by atoms with Crippen LogP contribution in [0.2, 0.25) is 0 Å². The summed E-state index contributed by atoms with van der Waals surface area (Å²) >= 11 is 1.53. The summed E-state index contributed by atoms with van der Waals surface area (Å²) in [6, 6.07) is 23.7. The van der Waals surface area contributed by atoms with E-state index in [0.29, 0.717) is 0 Å². The van der Waals surface area contributed by atoms with Gasteiger partial charge in [0.1, 0.15) is 5.01 Å². The second-order valence-corrected chi connectivity index (χ2v) is 7.24. The van der Waals surface area contributed by atoms with E-state index in [2.05, 4.69) is 15.3 Å². The normalized spacial score (nSPS) is 10.8. The largest absolute Gasteiger partial charge is 0.345 e. The third kappa shape index (κ3) is 4.32. The van der Waals surface area contributed by atoms with Gasteiger partial charge in [0.15, 0.2) is 0 Å². The number of rotatable bonds is 6. The quantitative estimate of drug-likeness (QED) is 0.525. The summed E-state index contributed by atoms with van der Waals surface area (Å²) in [5.74, 6) is -0.0549. The summed E-state index contributed by atoms with van der Waals surface area (Å²) in [6.07, 6.45) is 3.76. The number of carbonyl (C=O) groups is 1. The Hall–Kier alpha value is -3.31. The Morgan fingerprint density at radius 3 is 2.21 bits per heavy atom. The number of benzene rings is 2. The van der Waals surface area contributed by atoms with Crippen molar-refractivity contribution >= 4 is 17.2 Å². The molecular formula is C23H19N3OS. The number of amides is 1. The van der Waals surface area contributed by atoms with Crippen molar-refractivity contribution in [2.24, 2.45) is 0 Å². The lowest BCUT2D eigenvalue weighted by Gasteiger charge is -2.19. The topological polar surface area (TPSA) is 54.9 Å². The van der Waals surface area contributed by atoms with Crippen molar-refractivity contribution in [2.75, 3.05) is 0 Å². The zero-order valence-corrected chi connectivity index (χ0v) is 16.0. The first-order chi connectivity index (χ1) is 13.8. The molecule has 0 spiro atoms. The van der Waals surface area contributed by atoms with Gasteiger partial charge in [-0.2, -0.15) is 0 Å². The SMILES string of the molecule is O=C(Cc1csc(-c2cccnc2)n1)NC(c1ccccc1)c1ccccc1. The van der Waals surface area contributed by atoms with Gasteiger partial charge in [0.25, 0.3) is 0 Å². The van der Waals surface area contributed by atoms with Crippen LogP contribution < -0.4 is 5.32 Å². The van der Waals surface area contributed by atoms with Crippen molar-refractivity contribution in [2.45, 2.75) is 12.5 Å². The van der Waals surface area contributed by atoms with Gasteiger partial charge in [-0.25, -0.2) is 4.98 Å². The molecule has 5 heteroatoms. The number of carbonyl (C=O) groups excluding carboxylic acids is 1. The number of hydrogen-bond donors (Lipinski definition) is 1. The van der Waals surface area contributed by atoms with E-state index in [1.807, 2.05) is 78.2 Å². The number of pyridine rings is 1. The van der Waals surface area contributed by atoms with Gasteiger partial charge in [-0.05, 0) is 23.3 Å². The minimum absolute atomic E-state index is 0.0549. The maximum atomic E-state index is 12.8. The van der Waals surface area contributed by atoms with E-state index < -0.39 is 0 Å². The Balaban J connectivity index is 1.50. The molecule has 0 aliphatic heterocycles. The molecule has 4 nitrogen and oxygen atoms in total. The second-order valence-electron chi connectivity index (χ2n) is 6.38. The fraction of sp³-hybridized carbons (Fsp3) is 0.0870. The Bertz CT molecular complexity index is 994. The molecule has 28 heavy (non-hydrogen) atoms. The fourth-order valence-corrected chi connectivity index (χ4v) is 3.85. The number of thiazole rings is 1. The first-order valence-electron chi connectivity index (χ1n) is 9.03. The predicted octanol–water partition coefficient (Wildman–Crippen LogP) is 4.65. The molecule has 2 aromatic heterocycles. The Morgan fingerprint density at radius 2 is 1.61 bits per heavy atom. The van der Waals surface area contributed by atoms with E-state index in [9.17, 15) is 4.79 Å². The zero-order chi connectivity index (χ0) is 19.2. The summed E-state index contributed by atoms with van der Waals surface area (Å²) in [6.45, 7) is 0. The highest BCUT2D eigenvalue weighted by Gasteiger charge is 2.17. The molecule has 0 atom stereocenters. The zero-order valence-electron chi connectivity index (χ0n) is 15.2. The van der Waals surface area contributed by atoms with Crippen LogP contribution in [0, 0.1) is 0 Å². The molecule has 4 rings (SSSR count). The van der Waals surface area contributed by atoms with Crippen LogP contribution in [0.4, 0.5) is 0 Å². The van der Waals surface area contributed by atoms with E-state index in [4.69, 9.17) is 0 Å². The van der Waals surface area contributed by atoms with Crippen LogP contribution in [0.25, 0.3) is 10.6 Å². The molecular weight excluding hydrogens is 366 g/mol. The molecule has 0 radical (unpaired) electrons. The van der Waals surface area contributed by atoms with Crippen LogP contribution >= 0.6 is 11.3 Å². The summed E-state index contributed by atoms with van der Waals surface area (Å²) in [5.41, 5.74) is 3.83. The van der Waals surface area contributed by atoms with Crippen LogP contribution in [0.1, 0.15) is 22.9 Å². The fourth-order valence-electron chi connectivity index (χ4n) is 3.04. The number of hydrogen-bond acceptors (Lipinski definition) is 4. The third-order valence-corrected chi connectivity index (χ3v) is 5.31. The minimum Gasteiger partial charge on any atom is -0.345 e. The van der Waals surface area contributed by atoms with Gasteiger partial charge in [0, 0.05) is 23.3 Å². The monoisotopic (exact) mass is 385 g/mol. The van der Waals surface area contributed by atoms with Gasteiger partial charge in [-0.15, -0.1) is 11.3 Å². The number of nitrogens with one attached hydrogen (secondary N) is 1. The standard InChI is InChI=1S/C23H19N3OS/c27-21(14-20-16-28-23(25-20)19-12-7-13-24-15-19)26-22(17-8-3-1-4-9-17)18-10-5-2-6-11-18/h1-13,15-16,22H,14H2,(H,26,27). The summed E-state index contributed by atoms with van der Waals surface area (Å²) in [4.78, 5) is 21.5. The van der Waals surface area contributed by atoms with Crippen LogP contribution in [0.15, 0.2) is 90.6 Å². The predicted molar refractivity (Wildman–Crippen MR) is 112 cm³/mol. The van der Waals surface area contributed by atoms with Crippen LogP contribution in [-0.4, -0.2) is 15.9 Å². The number of nitrogens with zero attached hydrogens (tertiary/aromatic N) is 2. The molecule has 0 aliphatic rings. The Labute approximate surface area is 167 Å². The summed E-state index contributed by atoms with van der Waals surface area (Å²) in [5, 5.41) is 5.97. The molecule has 4 aromatic rings. The highest BCUT2D eigenvalue weighted by atomic mass is 32.1. The van der Waals surface area contributed by atoms with Crippen LogP contribution in [0.3, 0.4) is 0 Å². The van der Waals surface area contributed by atoms with E-state index in [1.54, 1.807) is 12.4 Å². The second kappa shape index (κ2) is 8.59. The highest BCUT2D eigenvalue weighted by molar-refractivity contribution is 7.13. The molecule has 0 unspecified atom stereocenters. The summed E-state index contributed by atoms with van der Waals surface area (Å²) in [7, 11) is 0. The lowest BCUT2D eigenvalue weighted by Crippen LogP contribution is -2.30. The third-order valence-electron chi connectivity index (χ3n) is 4.37. The van der Waals surface area contributed by atoms with Gasteiger partial charge in [-0.1, -0.05) is 60.7 Å². The number of aromatic nitrogens is 2. The Morgan fingerprint density at radius 1 is 0.929 bits per heavy atom. The van der Waals surface area contributed by atoms with Crippen molar-refractivity contribution in [1.29, 1.82) is 0 Å². The minimum atomic E-state index is -0.189. The lowest BCUT2D eigenvalue weighted by molar-refractivity contribution is -0.121. The van der Waals surface area contributed by atoms with Crippen LogP contribution in [0.5, 0.6) is 0 Å².